The molecule has 0 unspecified atom stereocenters. The van der Waals surface area contributed by atoms with Crippen LogP contribution in [0, 0.1) is 6.92 Å². The summed E-state index contributed by atoms with van der Waals surface area (Å²) in [6, 6.07) is 3.85. The fourth-order valence-corrected chi connectivity index (χ4v) is 3.69. The summed E-state index contributed by atoms with van der Waals surface area (Å²) in [5, 5.41) is 6.37. The van der Waals surface area contributed by atoms with Crippen molar-refractivity contribution < 1.29 is 9.59 Å². The molecule has 31 heavy (non-hydrogen) atoms. The molecule has 162 valence electrons. The molecule has 0 bridgehead atoms. The van der Waals surface area contributed by atoms with Gasteiger partial charge in [0.1, 0.15) is 5.82 Å². The third-order valence-electron chi connectivity index (χ3n) is 5.33. The average Bonchev–Trinajstić information content (AvgIpc) is 2.80. The molecule has 0 radical (unpaired) electrons. The van der Waals surface area contributed by atoms with Crippen molar-refractivity contribution in [1.82, 2.24) is 25.2 Å². The quantitative estimate of drug-likeness (QED) is 0.396. The van der Waals surface area contributed by atoms with E-state index in [9.17, 15) is 9.59 Å². The van der Waals surface area contributed by atoms with Gasteiger partial charge < -0.3 is 10.2 Å². The first-order valence-electron chi connectivity index (χ1n) is 10.4. The van der Waals surface area contributed by atoms with Crippen molar-refractivity contribution in [3.05, 3.63) is 63.8 Å². The summed E-state index contributed by atoms with van der Waals surface area (Å²) in [7, 11) is 0. The lowest BCUT2D eigenvalue weighted by Gasteiger charge is -2.32. The van der Waals surface area contributed by atoms with Crippen molar-refractivity contribution in [3.63, 3.8) is 0 Å². The molecule has 10 nitrogen and oxygen atoms in total. The molecule has 2 aromatic rings. The summed E-state index contributed by atoms with van der Waals surface area (Å²) >= 11 is 0. The van der Waals surface area contributed by atoms with Gasteiger partial charge in [-0.2, -0.15) is 0 Å². The highest BCUT2D eigenvalue weighted by atomic mass is 16.2. The van der Waals surface area contributed by atoms with Crippen LogP contribution in [-0.4, -0.2) is 57.8 Å². The molecular weight excluding hydrogens is 396 g/mol. The minimum absolute atomic E-state index is 0.0157. The number of rotatable bonds is 8. The zero-order valence-electron chi connectivity index (χ0n) is 17.6. The van der Waals surface area contributed by atoms with Gasteiger partial charge in [0.05, 0.1) is 11.3 Å². The lowest BCUT2D eigenvalue weighted by atomic mass is 9.90. The van der Waals surface area contributed by atoms with Crippen LogP contribution in [0.15, 0.2) is 35.8 Å². The van der Waals surface area contributed by atoms with E-state index in [4.69, 9.17) is 5.53 Å². The lowest BCUT2D eigenvalue weighted by molar-refractivity contribution is -0.132. The smallest absolute Gasteiger partial charge is 0.254 e. The Balaban J connectivity index is 1.60. The SMILES string of the molecule is Cc1ncc(C(=O)NCCc2cccnc2)c(C2CCN(C(=O)CCN=[N+]=[N-])CC2)n1. The first kappa shape index (κ1) is 22.2. The van der Waals surface area contributed by atoms with Crippen LogP contribution in [0.3, 0.4) is 0 Å². The van der Waals surface area contributed by atoms with E-state index in [-0.39, 0.29) is 30.7 Å². The second-order valence-electron chi connectivity index (χ2n) is 7.44. The molecule has 1 fully saturated rings. The fraction of sp³-hybridized carbons (Fsp3) is 0.476. The van der Waals surface area contributed by atoms with Crippen LogP contribution in [0.25, 0.3) is 10.4 Å². The average molecular weight is 422 g/mol. The molecule has 1 aliphatic rings. The van der Waals surface area contributed by atoms with Gasteiger partial charge in [-0.1, -0.05) is 11.2 Å². The van der Waals surface area contributed by atoms with E-state index in [1.54, 1.807) is 23.5 Å². The highest BCUT2D eigenvalue weighted by molar-refractivity contribution is 5.95. The van der Waals surface area contributed by atoms with Crippen molar-refractivity contribution in [2.24, 2.45) is 5.11 Å². The van der Waals surface area contributed by atoms with Crippen LogP contribution in [0.4, 0.5) is 0 Å². The van der Waals surface area contributed by atoms with Crippen LogP contribution in [0.1, 0.15) is 52.6 Å². The van der Waals surface area contributed by atoms with E-state index < -0.39 is 0 Å². The first-order chi connectivity index (χ1) is 15.1. The fourth-order valence-electron chi connectivity index (χ4n) is 3.69. The normalized spacial score (nSPS) is 14.0. The molecule has 0 spiro atoms. The topological polar surface area (TPSA) is 137 Å². The van der Waals surface area contributed by atoms with Crippen LogP contribution in [0.5, 0.6) is 0 Å². The zero-order chi connectivity index (χ0) is 22.1. The number of likely N-dealkylation sites (tertiary alicyclic amines) is 1. The van der Waals surface area contributed by atoms with Gasteiger partial charge >= 0.3 is 0 Å². The van der Waals surface area contributed by atoms with Gasteiger partial charge in [-0.3, -0.25) is 14.6 Å². The molecule has 0 aliphatic carbocycles. The Bertz CT molecular complexity index is 951. The van der Waals surface area contributed by atoms with E-state index in [0.29, 0.717) is 37.4 Å². The number of carbonyl (C=O) groups is 2. The number of hydrogen-bond acceptors (Lipinski definition) is 6. The van der Waals surface area contributed by atoms with Crippen molar-refractivity contribution in [1.29, 1.82) is 0 Å². The van der Waals surface area contributed by atoms with Gasteiger partial charge in [-0.25, -0.2) is 9.97 Å². The molecule has 1 N–H and O–H groups in total. The van der Waals surface area contributed by atoms with Crippen LogP contribution >= 0.6 is 0 Å². The Kier molecular flexibility index (Phi) is 7.89. The van der Waals surface area contributed by atoms with Crippen LogP contribution in [-0.2, 0) is 11.2 Å². The number of pyridine rings is 1. The van der Waals surface area contributed by atoms with Crippen LogP contribution < -0.4 is 5.32 Å². The number of azide groups is 1. The Labute approximate surface area is 180 Å². The predicted octanol–water partition coefficient (Wildman–Crippen LogP) is 2.56. The van der Waals surface area contributed by atoms with Gasteiger partial charge in [-0.15, -0.1) is 0 Å². The number of piperidine rings is 1. The Morgan fingerprint density at radius 1 is 1.32 bits per heavy atom. The maximum Gasteiger partial charge on any atom is 0.254 e. The number of amides is 2. The Morgan fingerprint density at radius 2 is 2.13 bits per heavy atom. The number of hydrogen-bond donors (Lipinski definition) is 1. The Hall–Kier alpha value is -3.52. The van der Waals surface area contributed by atoms with Gasteiger partial charge in [0, 0.05) is 62.0 Å². The third kappa shape index (κ3) is 6.23. The molecule has 0 atom stereocenters. The maximum absolute atomic E-state index is 12.8. The molecule has 2 amide bonds. The minimum Gasteiger partial charge on any atom is -0.352 e. The number of aryl methyl sites for hydroxylation is 1. The maximum atomic E-state index is 12.8. The summed E-state index contributed by atoms with van der Waals surface area (Å²) in [4.78, 5) is 42.4. The molecule has 10 heteroatoms. The van der Waals surface area contributed by atoms with Crippen molar-refractivity contribution in [2.45, 2.75) is 38.5 Å². The largest absolute Gasteiger partial charge is 0.352 e. The summed E-state index contributed by atoms with van der Waals surface area (Å²) in [6.45, 7) is 3.65. The molecule has 2 aromatic heterocycles. The van der Waals surface area contributed by atoms with Crippen molar-refractivity contribution in [2.75, 3.05) is 26.2 Å². The van der Waals surface area contributed by atoms with Gasteiger partial charge in [0.25, 0.3) is 5.91 Å². The standard InChI is InChI=1S/C21H26N8O2/c1-15-25-14-18(21(31)24-9-4-16-3-2-8-23-13-16)20(27-15)17-6-11-29(12-7-17)19(30)5-10-26-28-22/h2-3,8,13-14,17H,4-7,9-12H2,1H3,(H,24,31). The van der Waals surface area contributed by atoms with E-state index in [1.165, 1.54) is 0 Å². The number of nitrogens with one attached hydrogen (secondary N) is 1. The summed E-state index contributed by atoms with van der Waals surface area (Å²) in [6.07, 6.45) is 7.45. The second-order valence-corrected chi connectivity index (χ2v) is 7.44. The minimum atomic E-state index is -0.188. The van der Waals surface area contributed by atoms with E-state index in [2.05, 4.69) is 30.3 Å². The number of aromatic nitrogens is 3. The molecule has 1 aliphatic heterocycles. The highest BCUT2D eigenvalue weighted by Crippen LogP contribution is 2.29. The monoisotopic (exact) mass is 422 g/mol. The summed E-state index contributed by atoms with van der Waals surface area (Å²) < 4.78 is 0. The molecule has 0 saturated carbocycles. The number of nitrogens with zero attached hydrogens (tertiary/aromatic N) is 7. The first-order valence-corrected chi connectivity index (χ1v) is 10.4. The number of carbonyl (C=O) groups excluding carboxylic acids is 2. The molecular formula is C21H26N8O2. The second kappa shape index (κ2) is 11.0. The molecule has 0 aromatic carbocycles. The van der Waals surface area contributed by atoms with Gasteiger partial charge in [0.15, 0.2) is 0 Å². The highest BCUT2D eigenvalue weighted by Gasteiger charge is 2.28. The lowest BCUT2D eigenvalue weighted by Crippen LogP contribution is -2.39. The zero-order valence-corrected chi connectivity index (χ0v) is 17.6. The molecule has 3 heterocycles. The van der Waals surface area contributed by atoms with E-state index in [1.807, 2.05) is 19.1 Å². The van der Waals surface area contributed by atoms with Gasteiger partial charge in [0.2, 0.25) is 5.91 Å². The predicted molar refractivity (Wildman–Crippen MR) is 114 cm³/mol. The summed E-state index contributed by atoms with van der Waals surface area (Å²) in [5.41, 5.74) is 10.6. The van der Waals surface area contributed by atoms with Crippen LogP contribution in [0.2, 0.25) is 0 Å². The third-order valence-corrected chi connectivity index (χ3v) is 5.33. The molecule has 3 rings (SSSR count). The summed E-state index contributed by atoms with van der Waals surface area (Å²) in [5.74, 6) is 0.501. The van der Waals surface area contributed by atoms with E-state index >= 15 is 0 Å². The van der Waals surface area contributed by atoms with Gasteiger partial charge in [-0.05, 0) is 43.3 Å². The van der Waals surface area contributed by atoms with E-state index in [0.717, 1.165) is 24.1 Å². The van der Waals surface area contributed by atoms with Crippen molar-refractivity contribution >= 4 is 11.8 Å². The molecule has 1 saturated heterocycles. The Morgan fingerprint density at radius 3 is 2.84 bits per heavy atom. The van der Waals surface area contributed by atoms with Crippen molar-refractivity contribution in [3.8, 4) is 0 Å².